The van der Waals surface area contributed by atoms with E-state index in [9.17, 15) is 5.11 Å². The molecule has 1 fully saturated rings. The lowest BCUT2D eigenvalue weighted by molar-refractivity contribution is 0.102. The quantitative estimate of drug-likeness (QED) is 0.854. The van der Waals surface area contributed by atoms with Crippen molar-refractivity contribution in [2.24, 2.45) is 0 Å². The van der Waals surface area contributed by atoms with Crippen LogP contribution in [-0.4, -0.2) is 5.11 Å². The minimum atomic E-state index is -0.934. The molecule has 0 spiro atoms. The number of aryl methyl sites for hydroxylation is 2. The minimum Gasteiger partial charge on any atom is -0.381 e. The van der Waals surface area contributed by atoms with Crippen LogP contribution in [0.4, 0.5) is 0 Å². The van der Waals surface area contributed by atoms with Crippen molar-refractivity contribution in [1.82, 2.24) is 0 Å². The van der Waals surface area contributed by atoms with Crippen molar-refractivity contribution in [2.45, 2.75) is 51.6 Å². The van der Waals surface area contributed by atoms with Gasteiger partial charge in [-0.3, -0.25) is 0 Å². The number of hydrogen-bond acceptors (Lipinski definition) is 1. The van der Waals surface area contributed by atoms with E-state index in [1.165, 1.54) is 36.0 Å². The standard InChI is InChI=1S/C20H24O/c1-14-10-15(2)12-19(11-14)20(3,21)18-9-5-8-17(13-18)16-6-4-7-16/h5,8-13,16,21H,4,6-7H2,1-3H3. The Bertz CT molecular complexity index is 630. The summed E-state index contributed by atoms with van der Waals surface area (Å²) in [5, 5.41) is 11.1. The first kappa shape index (κ1) is 14.3. The highest BCUT2D eigenvalue weighted by atomic mass is 16.3. The molecule has 0 bridgehead atoms. The normalized spacial score (nSPS) is 18.1. The van der Waals surface area contributed by atoms with Gasteiger partial charge in [-0.2, -0.15) is 0 Å². The second kappa shape index (κ2) is 5.31. The molecule has 1 nitrogen and oxygen atoms in total. The predicted molar refractivity (Wildman–Crippen MR) is 87.6 cm³/mol. The molecule has 1 unspecified atom stereocenters. The van der Waals surface area contributed by atoms with E-state index in [4.69, 9.17) is 0 Å². The number of hydrogen-bond donors (Lipinski definition) is 1. The average molecular weight is 280 g/mol. The molecule has 0 heterocycles. The molecule has 1 saturated carbocycles. The van der Waals surface area contributed by atoms with Gasteiger partial charge in [0.15, 0.2) is 0 Å². The molecule has 0 aromatic heterocycles. The van der Waals surface area contributed by atoms with Crippen LogP contribution >= 0.6 is 0 Å². The summed E-state index contributed by atoms with van der Waals surface area (Å²) < 4.78 is 0. The maximum Gasteiger partial charge on any atom is 0.112 e. The van der Waals surface area contributed by atoms with Gasteiger partial charge in [0.1, 0.15) is 5.60 Å². The molecule has 2 aromatic rings. The fraction of sp³-hybridized carbons (Fsp3) is 0.400. The summed E-state index contributed by atoms with van der Waals surface area (Å²) >= 11 is 0. The molecular weight excluding hydrogens is 256 g/mol. The van der Waals surface area contributed by atoms with Crippen LogP contribution < -0.4 is 0 Å². The maximum absolute atomic E-state index is 11.1. The first-order valence-corrected chi connectivity index (χ1v) is 7.88. The largest absolute Gasteiger partial charge is 0.381 e. The van der Waals surface area contributed by atoms with Crippen molar-refractivity contribution in [2.75, 3.05) is 0 Å². The van der Waals surface area contributed by atoms with Gasteiger partial charge in [0, 0.05) is 0 Å². The highest BCUT2D eigenvalue weighted by Crippen LogP contribution is 2.38. The Morgan fingerprint density at radius 1 is 0.952 bits per heavy atom. The first-order valence-electron chi connectivity index (χ1n) is 7.88. The van der Waals surface area contributed by atoms with Crippen LogP contribution in [-0.2, 0) is 5.60 Å². The molecule has 2 aromatic carbocycles. The average Bonchev–Trinajstić information content (AvgIpc) is 2.36. The summed E-state index contributed by atoms with van der Waals surface area (Å²) in [5.74, 6) is 0.694. The lowest BCUT2D eigenvalue weighted by atomic mass is 9.78. The van der Waals surface area contributed by atoms with Crippen LogP contribution in [0.5, 0.6) is 0 Å². The molecule has 1 atom stereocenters. The fourth-order valence-electron chi connectivity index (χ4n) is 3.26. The molecule has 0 radical (unpaired) electrons. The van der Waals surface area contributed by atoms with E-state index >= 15 is 0 Å². The van der Waals surface area contributed by atoms with E-state index in [-0.39, 0.29) is 0 Å². The van der Waals surface area contributed by atoms with Crippen molar-refractivity contribution in [1.29, 1.82) is 0 Å². The highest BCUT2D eigenvalue weighted by Gasteiger charge is 2.28. The van der Waals surface area contributed by atoms with Crippen molar-refractivity contribution < 1.29 is 5.11 Å². The Labute approximate surface area is 127 Å². The van der Waals surface area contributed by atoms with Crippen LogP contribution in [0.25, 0.3) is 0 Å². The molecule has 1 heteroatoms. The van der Waals surface area contributed by atoms with E-state index in [2.05, 4.69) is 50.2 Å². The topological polar surface area (TPSA) is 20.2 Å². The Kier molecular flexibility index (Phi) is 3.62. The number of benzene rings is 2. The molecule has 110 valence electrons. The van der Waals surface area contributed by atoms with Crippen molar-refractivity contribution in [3.8, 4) is 0 Å². The van der Waals surface area contributed by atoms with Crippen molar-refractivity contribution in [3.63, 3.8) is 0 Å². The predicted octanol–water partition coefficient (Wildman–Crippen LogP) is 4.83. The summed E-state index contributed by atoms with van der Waals surface area (Å²) in [6.07, 6.45) is 3.91. The van der Waals surface area contributed by atoms with Crippen LogP contribution in [0.1, 0.15) is 59.9 Å². The Morgan fingerprint density at radius 3 is 2.19 bits per heavy atom. The van der Waals surface area contributed by atoms with E-state index < -0.39 is 5.60 Å². The fourth-order valence-corrected chi connectivity index (χ4v) is 3.26. The molecule has 0 amide bonds. The second-order valence-electron chi connectivity index (χ2n) is 6.70. The van der Waals surface area contributed by atoms with E-state index in [1.54, 1.807) is 0 Å². The van der Waals surface area contributed by atoms with Crippen LogP contribution in [0.2, 0.25) is 0 Å². The second-order valence-corrected chi connectivity index (χ2v) is 6.70. The summed E-state index contributed by atoms with van der Waals surface area (Å²) in [5.41, 5.74) is 4.81. The summed E-state index contributed by atoms with van der Waals surface area (Å²) in [4.78, 5) is 0. The Morgan fingerprint density at radius 2 is 1.62 bits per heavy atom. The monoisotopic (exact) mass is 280 g/mol. The van der Waals surface area contributed by atoms with E-state index in [0.717, 1.165) is 11.1 Å². The Balaban J connectivity index is 2.00. The third-order valence-corrected chi connectivity index (χ3v) is 4.81. The van der Waals surface area contributed by atoms with Crippen molar-refractivity contribution >= 4 is 0 Å². The van der Waals surface area contributed by atoms with E-state index in [0.29, 0.717) is 5.92 Å². The van der Waals surface area contributed by atoms with Gasteiger partial charge in [0.05, 0.1) is 0 Å². The lowest BCUT2D eigenvalue weighted by Gasteiger charge is -2.29. The summed E-state index contributed by atoms with van der Waals surface area (Å²) in [6, 6.07) is 14.8. The molecule has 0 aliphatic heterocycles. The summed E-state index contributed by atoms with van der Waals surface area (Å²) in [6.45, 7) is 6.07. The molecule has 1 aliphatic carbocycles. The molecule has 1 aliphatic rings. The van der Waals surface area contributed by atoms with Gasteiger partial charge < -0.3 is 5.11 Å². The summed E-state index contributed by atoms with van der Waals surface area (Å²) in [7, 11) is 0. The van der Waals surface area contributed by atoms with Crippen LogP contribution in [0.3, 0.4) is 0 Å². The van der Waals surface area contributed by atoms with Gasteiger partial charge in [-0.15, -0.1) is 0 Å². The van der Waals surface area contributed by atoms with Gasteiger partial charge >= 0.3 is 0 Å². The maximum atomic E-state index is 11.1. The van der Waals surface area contributed by atoms with Gasteiger partial charge in [-0.25, -0.2) is 0 Å². The molecule has 3 rings (SSSR count). The van der Waals surface area contributed by atoms with Gasteiger partial charge in [0.25, 0.3) is 0 Å². The molecule has 21 heavy (non-hydrogen) atoms. The zero-order chi connectivity index (χ0) is 15.0. The molecule has 0 saturated heterocycles. The SMILES string of the molecule is Cc1cc(C)cc(C(C)(O)c2cccc(C3CCC3)c2)c1. The minimum absolute atomic E-state index is 0.694. The van der Waals surface area contributed by atoms with Gasteiger partial charge in [0.2, 0.25) is 0 Å². The van der Waals surface area contributed by atoms with Crippen LogP contribution in [0, 0.1) is 13.8 Å². The zero-order valence-electron chi connectivity index (χ0n) is 13.2. The van der Waals surface area contributed by atoms with E-state index in [1.807, 2.05) is 13.0 Å². The molecule has 1 N–H and O–H groups in total. The van der Waals surface area contributed by atoms with Gasteiger partial charge in [-0.05, 0) is 56.2 Å². The number of aliphatic hydroxyl groups is 1. The van der Waals surface area contributed by atoms with Crippen molar-refractivity contribution in [3.05, 3.63) is 70.3 Å². The third-order valence-electron chi connectivity index (χ3n) is 4.81. The van der Waals surface area contributed by atoms with Gasteiger partial charge in [-0.1, -0.05) is 60.0 Å². The lowest BCUT2D eigenvalue weighted by Crippen LogP contribution is -2.23. The van der Waals surface area contributed by atoms with Crippen LogP contribution in [0.15, 0.2) is 42.5 Å². The third kappa shape index (κ3) is 2.75. The smallest absolute Gasteiger partial charge is 0.112 e. The highest BCUT2D eigenvalue weighted by molar-refractivity contribution is 5.41. The first-order chi connectivity index (χ1) is 9.96. The Hall–Kier alpha value is -1.60. The number of rotatable bonds is 3. The zero-order valence-corrected chi connectivity index (χ0v) is 13.2. The molecular formula is C20H24O.